The Morgan fingerprint density at radius 1 is 1.24 bits per heavy atom. The van der Waals surface area contributed by atoms with E-state index >= 15 is 0 Å². The number of nitrogens with zero attached hydrogens (tertiary/aromatic N) is 1. The van der Waals surface area contributed by atoms with Crippen molar-refractivity contribution in [3.05, 3.63) is 46.5 Å². The Balaban J connectivity index is 1.43. The third-order valence-electron chi connectivity index (χ3n) is 6.77. The van der Waals surface area contributed by atoms with Crippen molar-refractivity contribution in [2.45, 2.75) is 57.4 Å². The molecule has 0 radical (unpaired) electrons. The molecule has 1 aromatic rings. The first kappa shape index (κ1) is 15.7. The molecule has 2 N–H and O–H groups in total. The van der Waals surface area contributed by atoms with E-state index in [9.17, 15) is 0 Å². The van der Waals surface area contributed by atoms with E-state index < -0.39 is 0 Å². The molecule has 4 bridgehead atoms. The predicted octanol–water partition coefficient (Wildman–Crippen LogP) is 5.12. The first-order chi connectivity index (χ1) is 12.2. The van der Waals surface area contributed by atoms with Gasteiger partial charge in [-0.25, -0.2) is 4.99 Å². The summed E-state index contributed by atoms with van der Waals surface area (Å²) in [6, 6.07) is 4.02. The number of hydrogen-bond acceptors (Lipinski definition) is 2. The monoisotopic (exact) mass is 355 g/mol. The van der Waals surface area contributed by atoms with Crippen molar-refractivity contribution in [3.8, 4) is 0 Å². The summed E-state index contributed by atoms with van der Waals surface area (Å²) in [5.74, 6) is 2.84. The molecule has 1 aliphatic heterocycles. The molecule has 4 fully saturated rings. The summed E-state index contributed by atoms with van der Waals surface area (Å²) >= 11 is 6.65. The van der Waals surface area contributed by atoms with Gasteiger partial charge in [0.25, 0.3) is 0 Å². The van der Waals surface area contributed by atoms with E-state index in [1.165, 1.54) is 38.5 Å². The molecule has 1 aromatic heterocycles. The van der Waals surface area contributed by atoms with Crippen LogP contribution in [0.3, 0.4) is 0 Å². The Morgan fingerprint density at radius 2 is 1.92 bits per heavy atom. The lowest BCUT2D eigenvalue weighted by molar-refractivity contribution is -0.0130. The Bertz CT molecular complexity index is 734. The summed E-state index contributed by atoms with van der Waals surface area (Å²) in [7, 11) is 0. The zero-order valence-electron chi connectivity index (χ0n) is 14.8. The average molecular weight is 356 g/mol. The second-order valence-electron chi connectivity index (χ2n) is 8.56. The first-order valence-corrected chi connectivity index (χ1v) is 10.1. The van der Waals surface area contributed by atoms with Crippen LogP contribution in [0.2, 0.25) is 0 Å². The maximum absolute atomic E-state index is 6.65. The van der Waals surface area contributed by atoms with Gasteiger partial charge in [-0.3, -0.25) is 0 Å². The number of allylic oxidation sites excluding steroid dienone is 2. The van der Waals surface area contributed by atoms with E-state index in [0.717, 1.165) is 51.9 Å². The van der Waals surface area contributed by atoms with Crippen LogP contribution in [0.15, 0.2) is 45.8 Å². The molecule has 5 aliphatic rings. The molecule has 4 heteroatoms. The lowest BCUT2D eigenvalue weighted by Crippen LogP contribution is -2.57. The summed E-state index contributed by atoms with van der Waals surface area (Å²) in [4.78, 5) is 8.09. The second kappa shape index (κ2) is 5.77. The number of aromatic nitrogens is 1. The lowest BCUT2D eigenvalue weighted by Gasteiger charge is -2.57. The van der Waals surface area contributed by atoms with Crippen molar-refractivity contribution in [2.75, 3.05) is 0 Å². The Morgan fingerprint density at radius 3 is 2.48 bits per heavy atom. The lowest BCUT2D eigenvalue weighted by atomic mass is 9.53. The number of aliphatic imine (C=N–C) groups is 1. The zero-order valence-corrected chi connectivity index (χ0v) is 15.6. The average Bonchev–Trinajstić information content (AvgIpc) is 3.19. The first-order valence-electron chi connectivity index (χ1n) is 9.75. The summed E-state index contributed by atoms with van der Waals surface area (Å²) in [6.45, 7) is 2.16. The van der Waals surface area contributed by atoms with Gasteiger partial charge in [0.2, 0.25) is 0 Å². The van der Waals surface area contributed by atoms with Crippen molar-refractivity contribution in [1.29, 1.82) is 0 Å². The molecule has 0 aromatic carbocycles. The van der Waals surface area contributed by atoms with Crippen LogP contribution in [0.1, 0.15) is 57.6 Å². The molecule has 4 aliphatic carbocycles. The summed E-state index contributed by atoms with van der Waals surface area (Å²) in [6.07, 6.45) is 13.4. The molecule has 4 saturated carbocycles. The number of H-pyrrole nitrogens is 1. The maximum atomic E-state index is 6.65. The highest BCUT2D eigenvalue weighted by molar-refractivity contribution is 6.47. The second-order valence-corrected chi connectivity index (χ2v) is 8.94. The smallest absolute Gasteiger partial charge is 0.106 e. The fourth-order valence-electron chi connectivity index (χ4n) is 6.11. The van der Waals surface area contributed by atoms with E-state index in [2.05, 4.69) is 23.4 Å². The standard InChI is InChI=1S/C21H26ClN3/c1-2-16-18(25-20(19(16)22)17-4-3-5-23-17)12-24-21-9-13-6-14(10-21)8-15(7-13)11-21/h3-5,12-15,23-24H,2,6-11H2,1H3. The van der Waals surface area contributed by atoms with E-state index in [4.69, 9.17) is 16.6 Å². The largest absolute Gasteiger partial charge is 0.384 e. The number of rotatable bonds is 4. The number of nitrogens with one attached hydrogen (secondary N) is 2. The van der Waals surface area contributed by atoms with Crippen molar-refractivity contribution in [1.82, 2.24) is 10.3 Å². The highest BCUT2D eigenvalue weighted by Crippen LogP contribution is 2.55. The van der Waals surface area contributed by atoms with Gasteiger partial charge in [-0.1, -0.05) is 18.5 Å². The van der Waals surface area contributed by atoms with Crippen LogP contribution in [0, 0.1) is 17.8 Å². The summed E-state index contributed by atoms with van der Waals surface area (Å²) in [5.41, 5.74) is 4.37. The van der Waals surface area contributed by atoms with Crippen molar-refractivity contribution >= 4 is 17.3 Å². The Hall–Kier alpha value is -1.48. The highest BCUT2D eigenvalue weighted by Gasteiger charge is 2.50. The fourth-order valence-corrected chi connectivity index (χ4v) is 6.49. The number of hydrogen-bond donors (Lipinski definition) is 2. The van der Waals surface area contributed by atoms with Crippen molar-refractivity contribution in [3.63, 3.8) is 0 Å². The minimum atomic E-state index is 0.317. The Kier molecular flexibility index (Phi) is 3.63. The van der Waals surface area contributed by atoms with Gasteiger partial charge in [-0.05, 0) is 80.4 Å². The SMILES string of the molecule is CCC1=C(Cl)C(c2ccc[nH]2)=NC1=CNC12CC3CC(CC(C3)C1)C2. The van der Waals surface area contributed by atoms with Gasteiger partial charge < -0.3 is 10.3 Å². The fraction of sp³-hybridized carbons (Fsp3) is 0.571. The number of aromatic amines is 1. The molecule has 3 nitrogen and oxygen atoms in total. The maximum Gasteiger partial charge on any atom is 0.106 e. The molecule has 132 valence electrons. The molecule has 0 saturated heterocycles. The van der Waals surface area contributed by atoms with Crippen LogP contribution in [-0.4, -0.2) is 16.2 Å². The molecule has 25 heavy (non-hydrogen) atoms. The zero-order chi connectivity index (χ0) is 17.0. The van der Waals surface area contributed by atoms with Gasteiger partial charge in [0.15, 0.2) is 0 Å². The van der Waals surface area contributed by atoms with Crippen LogP contribution in [0.4, 0.5) is 0 Å². The quantitative estimate of drug-likeness (QED) is 0.773. The molecular weight excluding hydrogens is 330 g/mol. The van der Waals surface area contributed by atoms with Crippen LogP contribution in [-0.2, 0) is 0 Å². The predicted molar refractivity (Wildman–Crippen MR) is 103 cm³/mol. The normalized spacial score (nSPS) is 37.9. The van der Waals surface area contributed by atoms with E-state index in [1.807, 2.05) is 18.3 Å². The van der Waals surface area contributed by atoms with E-state index in [1.54, 1.807) is 0 Å². The van der Waals surface area contributed by atoms with Crippen LogP contribution >= 0.6 is 11.6 Å². The third kappa shape index (κ3) is 2.59. The molecule has 6 rings (SSSR count). The van der Waals surface area contributed by atoms with Crippen molar-refractivity contribution in [2.24, 2.45) is 22.7 Å². The molecule has 2 heterocycles. The molecule has 0 amide bonds. The minimum Gasteiger partial charge on any atom is -0.384 e. The topological polar surface area (TPSA) is 40.2 Å². The van der Waals surface area contributed by atoms with Gasteiger partial charge in [-0.2, -0.15) is 0 Å². The molecule has 0 atom stereocenters. The highest BCUT2D eigenvalue weighted by atomic mass is 35.5. The van der Waals surface area contributed by atoms with Crippen LogP contribution in [0.5, 0.6) is 0 Å². The van der Waals surface area contributed by atoms with Gasteiger partial charge in [0.1, 0.15) is 5.71 Å². The van der Waals surface area contributed by atoms with Gasteiger partial charge in [-0.15, -0.1) is 0 Å². The summed E-state index contributed by atoms with van der Waals surface area (Å²) < 4.78 is 0. The van der Waals surface area contributed by atoms with Gasteiger partial charge >= 0.3 is 0 Å². The molecule has 0 unspecified atom stereocenters. The van der Waals surface area contributed by atoms with Crippen LogP contribution in [0.25, 0.3) is 0 Å². The molecular formula is C21H26ClN3. The van der Waals surface area contributed by atoms with E-state index in [0.29, 0.717) is 5.54 Å². The summed E-state index contributed by atoms with van der Waals surface area (Å²) in [5, 5.41) is 4.64. The van der Waals surface area contributed by atoms with Gasteiger partial charge in [0.05, 0.1) is 16.4 Å². The van der Waals surface area contributed by atoms with Crippen LogP contribution < -0.4 is 5.32 Å². The molecule has 0 spiro atoms. The minimum absolute atomic E-state index is 0.317. The van der Waals surface area contributed by atoms with E-state index in [-0.39, 0.29) is 0 Å². The number of halogens is 1. The van der Waals surface area contributed by atoms with Crippen molar-refractivity contribution < 1.29 is 0 Å². The van der Waals surface area contributed by atoms with Gasteiger partial charge in [0, 0.05) is 17.9 Å². The third-order valence-corrected chi connectivity index (χ3v) is 7.18. The Labute approximate surface area is 154 Å².